The van der Waals surface area contributed by atoms with E-state index < -0.39 is 0 Å². The molecule has 0 amide bonds. The van der Waals surface area contributed by atoms with E-state index in [0.717, 1.165) is 25.2 Å². The Morgan fingerprint density at radius 2 is 2.11 bits per heavy atom. The number of nitrogens with one attached hydrogen (secondary N) is 1. The maximum atomic E-state index is 4.40. The Balaban J connectivity index is 1.45. The lowest BCUT2D eigenvalue weighted by Gasteiger charge is -2.35. The fourth-order valence-electron chi connectivity index (χ4n) is 2.82. The van der Waals surface area contributed by atoms with Crippen LogP contribution in [0.1, 0.15) is 25.7 Å². The molecule has 0 aliphatic carbocycles. The Kier molecular flexibility index (Phi) is 4.44. The van der Waals surface area contributed by atoms with E-state index >= 15 is 0 Å². The number of nitrogens with zero attached hydrogens (tertiary/aromatic N) is 2. The number of thioether (sulfide) groups is 1. The van der Waals surface area contributed by atoms with Crippen LogP contribution in [-0.2, 0) is 0 Å². The predicted octanol–water partition coefficient (Wildman–Crippen LogP) is 2.60. The van der Waals surface area contributed by atoms with Gasteiger partial charge in [0.2, 0.25) is 0 Å². The third kappa shape index (κ3) is 3.19. The monoisotopic (exact) mass is 283 g/mol. The van der Waals surface area contributed by atoms with E-state index in [1.807, 2.05) is 6.20 Å². The number of hydrogen-bond donors (Lipinski definition) is 1. The molecule has 0 unspecified atom stereocenters. The zero-order valence-corrected chi connectivity index (χ0v) is 12.3. The fraction of sp³-hybridized carbons (Fsp3) is 0.769. The summed E-state index contributed by atoms with van der Waals surface area (Å²) in [5.41, 5.74) is 0. The summed E-state index contributed by atoms with van der Waals surface area (Å²) in [4.78, 5) is 6.83. The largest absolute Gasteiger partial charge is 0.348 e. The summed E-state index contributed by atoms with van der Waals surface area (Å²) >= 11 is 3.87. The van der Waals surface area contributed by atoms with Gasteiger partial charge in [-0.15, -0.1) is 11.3 Å². The van der Waals surface area contributed by atoms with E-state index in [1.165, 1.54) is 42.3 Å². The average molecular weight is 283 g/mol. The minimum absolute atomic E-state index is 0.727. The first-order valence-corrected chi connectivity index (χ1v) is 8.93. The van der Waals surface area contributed by atoms with Gasteiger partial charge in [0.1, 0.15) is 0 Å². The zero-order chi connectivity index (χ0) is 12.2. The van der Waals surface area contributed by atoms with Gasteiger partial charge in [-0.3, -0.25) is 0 Å². The van der Waals surface area contributed by atoms with Gasteiger partial charge in [0, 0.05) is 42.5 Å². The molecule has 0 bridgehead atoms. The molecular weight excluding hydrogens is 262 g/mol. The number of aromatic nitrogens is 1. The quantitative estimate of drug-likeness (QED) is 0.923. The van der Waals surface area contributed by atoms with Gasteiger partial charge in [0.25, 0.3) is 0 Å². The van der Waals surface area contributed by atoms with E-state index in [-0.39, 0.29) is 0 Å². The van der Waals surface area contributed by atoms with Gasteiger partial charge in [-0.25, -0.2) is 4.98 Å². The van der Waals surface area contributed by atoms with Crippen LogP contribution >= 0.6 is 23.1 Å². The number of piperidine rings is 1. The molecule has 0 spiro atoms. The molecule has 2 aliphatic rings. The second-order valence-corrected chi connectivity index (χ2v) is 7.18. The van der Waals surface area contributed by atoms with E-state index in [2.05, 4.69) is 32.3 Å². The molecule has 1 aromatic heterocycles. The average Bonchev–Trinajstić information content (AvgIpc) is 2.95. The zero-order valence-electron chi connectivity index (χ0n) is 10.7. The molecule has 100 valence electrons. The highest BCUT2D eigenvalue weighted by molar-refractivity contribution is 7.99. The molecule has 18 heavy (non-hydrogen) atoms. The molecule has 1 atom stereocenters. The third-order valence-electron chi connectivity index (χ3n) is 3.82. The van der Waals surface area contributed by atoms with Crippen molar-refractivity contribution in [3.05, 3.63) is 11.6 Å². The van der Waals surface area contributed by atoms with Crippen molar-refractivity contribution >= 4 is 28.2 Å². The van der Waals surface area contributed by atoms with Gasteiger partial charge in [0.05, 0.1) is 0 Å². The predicted molar refractivity (Wildman–Crippen MR) is 80.8 cm³/mol. The number of hydrogen-bond acceptors (Lipinski definition) is 5. The first-order valence-electron chi connectivity index (χ1n) is 6.90. The van der Waals surface area contributed by atoms with E-state index in [1.54, 1.807) is 11.3 Å². The van der Waals surface area contributed by atoms with Crippen LogP contribution in [0.3, 0.4) is 0 Å². The first-order chi connectivity index (χ1) is 8.92. The minimum Gasteiger partial charge on any atom is -0.348 e. The molecule has 3 rings (SSSR count). The summed E-state index contributed by atoms with van der Waals surface area (Å²) in [7, 11) is 0. The van der Waals surface area contributed by atoms with Gasteiger partial charge in [-0.1, -0.05) is 0 Å². The summed E-state index contributed by atoms with van der Waals surface area (Å²) in [6.07, 6.45) is 7.20. The smallest absolute Gasteiger partial charge is 0.185 e. The molecule has 1 aromatic rings. The van der Waals surface area contributed by atoms with Gasteiger partial charge in [-0.2, -0.15) is 11.8 Å². The van der Waals surface area contributed by atoms with Gasteiger partial charge in [0.15, 0.2) is 5.13 Å². The van der Waals surface area contributed by atoms with Crippen molar-refractivity contribution in [3.63, 3.8) is 0 Å². The highest BCUT2D eigenvalue weighted by atomic mass is 32.2. The second kappa shape index (κ2) is 6.26. The molecule has 0 saturated carbocycles. The van der Waals surface area contributed by atoms with Crippen LogP contribution < -0.4 is 10.2 Å². The Morgan fingerprint density at radius 3 is 2.78 bits per heavy atom. The summed E-state index contributed by atoms with van der Waals surface area (Å²) in [5, 5.41) is 7.12. The van der Waals surface area contributed by atoms with Crippen LogP contribution in [0.25, 0.3) is 0 Å². The van der Waals surface area contributed by atoms with E-state index in [0.29, 0.717) is 0 Å². The maximum absolute atomic E-state index is 4.40. The second-order valence-electron chi connectivity index (χ2n) is 5.16. The highest BCUT2D eigenvalue weighted by Crippen LogP contribution is 2.23. The van der Waals surface area contributed by atoms with Crippen molar-refractivity contribution in [3.8, 4) is 0 Å². The summed E-state index contributed by atoms with van der Waals surface area (Å²) in [6, 6.07) is 1.49. The Bertz CT molecular complexity index is 341. The van der Waals surface area contributed by atoms with Crippen molar-refractivity contribution in [2.45, 2.75) is 37.8 Å². The summed E-state index contributed by atoms with van der Waals surface area (Å²) in [5.74, 6) is 2.67. The molecule has 0 aromatic carbocycles. The number of rotatable bonds is 3. The lowest BCUT2D eigenvalue weighted by molar-refractivity contribution is 0.365. The van der Waals surface area contributed by atoms with Crippen molar-refractivity contribution < 1.29 is 0 Å². The van der Waals surface area contributed by atoms with Crippen LogP contribution in [0.5, 0.6) is 0 Å². The normalized spacial score (nSPS) is 26.4. The molecule has 3 heterocycles. The molecule has 2 saturated heterocycles. The SMILES string of the molecule is c1csc(N2CCC(N[C@@H]3CCCSC3)CC2)n1. The molecule has 0 radical (unpaired) electrons. The Hall–Kier alpha value is -0.260. The lowest BCUT2D eigenvalue weighted by atomic mass is 10.0. The molecular formula is C13H21N3S2. The fourth-order valence-corrected chi connectivity index (χ4v) is 4.60. The highest BCUT2D eigenvalue weighted by Gasteiger charge is 2.23. The minimum atomic E-state index is 0.727. The van der Waals surface area contributed by atoms with E-state index in [4.69, 9.17) is 0 Å². The standard InChI is InChI=1S/C13H21N3S2/c1-2-12(10-17-8-1)15-11-3-6-16(7-4-11)13-14-5-9-18-13/h5,9,11-12,15H,1-4,6-8,10H2/t12-/m1/s1. The van der Waals surface area contributed by atoms with Crippen LogP contribution in [0.15, 0.2) is 11.6 Å². The van der Waals surface area contributed by atoms with Crippen molar-refractivity contribution in [1.82, 2.24) is 10.3 Å². The van der Waals surface area contributed by atoms with Crippen LogP contribution in [0, 0.1) is 0 Å². The molecule has 1 N–H and O–H groups in total. The first kappa shape index (κ1) is 12.8. The van der Waals surface area contributed by atoms with Crippen LogP contribution in [-0.4, -0.2) is 41.7 Å². The summed E-state index contributed by atoms with van der Waals surface area (Å²) < 4.78 is 0. The van der Waals surface area contributed by atoms with Gasteiger partial charge in [-0.05, 0) is 31.4 Å². The Morgan fingerprint density at radius 1 is 1.22 bits per heavy atom. The molecule has 5 heteroatoms. The van der Waals surface area contributed by atoms with Crippen molar-refractivity contribution in [1.29, 1.82) is 0 Å². The number of anilines is 1. The molecule has 2 aliphatic heterocycles. The topological polar surface area (TPSA) is 28.2 Å². The van der Waals surface area contributed by atoms with Gasteiger partial charge < -0.3 is 10.2 Å². The molecule has 3 nitrogen and oxygen atoms in total. The van der Waals surface area contributed by atoms with E-state index in [9.17, 15) is 0 Å². The van der Waals surface area contributed by atoms with Crippen molar-refractivity contribution in [2.75, 3.05) is 29.5 Å². The third-order valence-corrected chi connectivity index (χ3v) is 5.86. The van der Waals surface area contributed by atoms with Crippen LogP contribution in [0.4, 0.5) is 5.13 Å². The lowest BCUT2D eigenvalue weighted by Crippen LogP contribution is -2.47. The van der Waals surface area contributed by atoms with Crippen LogP contribution in [0.2, 0.25) is 0 Å². The number of thiazole rings is 1. The van der Waals surface area contributed by atoms with Gasteiger partial charge >= 0.3 is 0 Å². The Labute approximate surface area is 117 Å². The maximum Gasteiger partial charge on any atom is 0.185 e. The van der Waals surface area contributed by atoms with Crippen molar-refractivity contribution in [2.24, 2.45) is 0 Å². The molecule has 2 fully saturated rings. The summed E-state index contributed by atoms with van der Waals surface area (Å²) in [6.45, 7) is 2.32.